The summed E-state index contributed by atoms with van der Waals surface area (Å²) >= 11 is 5.99. The van der Waals surface area contributed by atoms with Gasteiger partial charge in [0, 0.05) is 39.5 Å². The maximum Gasteiger partial charge on any atom is 0.272 e. The van der Waals surface area contributed by atoms with Crippen molar-refractivity contribution in [2.75, 3.05) is 12.3 Å². The molecule has 0 radical (unpaired) electrons. The summed E-state index contributed by atoms with van der Waals surface area (Å²) in [6, 6.07) is 9.00. The Labute approximate surface area is 136 Å². The number of hydrogen-bond acceptors (Lipinski definition) is 3. The van der Waals surface area contributed by atoms with Gasteiger partial charge in [0.05, 0.1) is 10.8 Å². The van der Waals surface area contributed by atoms with Crippen molar-refractivity contribution in [2.24, 2.45) is 0 Å². The Hall–Kier alpha value is -1.46. The van der Waals surface area contributed by atoms with Crippen LogP contribution in [0.25, 0.3) is 10.9 Å². The highest BCUT2D eigenvalue weighted by Gasteiger charge is 2.33. The number of carbonyl (C=O) groups is 1. The van der Waals surface area contributed by atoms with Gasteiger partial charge in [0.25, 0.3) is 5.91 Å². The number of nitrogens with zero attached hydrogens (tertiary/aromatic N) is 2. The molecule has 1 aromatic heterocycles. The molecule has 116 valence electrons. The number of pyridine rings is 1. The number of carbonyl (C=O) groups excluding carboxylic acids is 1. The van der Waals surface area contributed by atoms with E-state index in [0.29, 0.717) is 28.5 Å². The molecule has 1 fully saturated rings. The van der Waals surface area contributed by atoms with Crippen molar-refractivity contribution >= 4 is 39.2 Å². The van der Waals surface area contributed by atoms with Crippen LogP contribution in [0.1, 0.15) is 24.3 Å². The van der Waals surface area contributed by atoms with E-state index in [9.17, 15) is 9.00 Å². The Bertz CT molecular complexity index is 765. The van der Waals surface area contributed by atoms with Crippen molar-refractivity contribution in [3.63, 3.8) is 0 Å². The van der Waals surface area contributed by atoms with E-state index >= 15 is 0 Å². The van der Waals surface area contributed by atoms with Crippen molar-refractivity contribution in [2.45, 2.75) is 25.1 Å². The monoisotopic (exact) mass is 336 g/mol. The fraction of sp³-hybridized carbons (Fsp3) is 0.375. The van der Waals surface area contributed by atoms with Crippen LogP contribution in [0.3, 0.4) is 0 Å². The zero-order valence-corrected chi connectivity index (χ0v) is 14.0. The van der Waals surface area contributed by atoms with E-state index in [1.54, 1.807) is 23.1 Å². The zero-order valence-electron chi connectivity index (χ0n) is 12.5. The largest absolute Gasteiger partial charge is 0.332 e. The van der Waals surface area contributed by atoms with Gasteiger partial charge >= 0.3 is 0 Å². The molecular formula is C16H17ClN2O2S. The quantitative estimate of drug-likeness (QED) is 0.804. The summed E-state index contributed by atoms with van der Waals surface area (Å²) in [4.78, 5) is 18.9. The van der Waals surface area contributed by atoms with Crippen LogP contribution in [0.15, 0.2) is 30.3 Å². The van der Waals surface area contributed by atoms with Crippen LogP contribution >= 0.6 is 11.6 Å². The predicted octanol–water partition coefficient (Wildman–Crippen LogP) is 2.87. The van der Waals surface area contributed by atoms with Gasteiger partial charge in [0.1, 0.15) is 5.69 Å². The molecule has 0 saturated carbocycles. The molecule has 0 aliphatic carbocycles. The average Bonchev–Trinajstić information content (AvgIpc) is 2.51. The number of fused-ring (bicyclic) bond motifs is 1. The first-order valence-corrected chi connectivity index (χ1v) is 8.98. The van der Waals surface area contributed by atoms with Gasteiger partial charge in [-0.2, -0.15) is 0 Å². The molecule has 3 unspecified atom stereocenters. The lowest BCUT2D eigenvalue weighted by atomic mass is 10.1. The van der Waals surface area contributed by atoms with Crippen LogP contribution in [0, 0.1) is 0 Å². The fourth-order valence-corrected chi connectivity index (χ4v) is 4.20. The van der Waals surface area contributed by atoms with E-state index in [4.69, 9.17) is 11.6 Å². The summed E-state index contributed by atoms with van der Waals surface area (Å²) in [5.41, 5.74) is 1.11. The highest BCUT2D eigenvalue weighted by atomic mass is 35.5. The molecule has 1 aliphatic rings. The van der Waals surface area contributed by atoms with Crippen molar-refractivity contribution in [1.29, 1.82) is 0 Å². The third-order valence-corrected chi connectivity index (χ3v) is 6.30. The van der Waals surface area contributed by atoms with E-state index < -0.39 is 10.8 Å². The number of amides is 1. The number of benzene rings is 1. The molecule has 3 atom stereocenters. The SMILES string of the molecule is CC1C(C)S(=O)CCN1C(=O)c1ccc2ccc(Cl)cc2n1. The predicted molar refractivity (Wildman–Crippen MR) is 89.7 cm³/mol. The minimum Gasteiger partial charge on any atom is -0.332 e. The third-order valence-electron chi connectivity index (χ3n) is 4.25. The summed E-state index contributed by atoms with van der Waals surface area (Å²) in [6.07, 6.45) is 0. The smallest absolute Gasteiger partial charge is 0.272 e. The number of aromatic nitrogens is 1. The molecule has 1 saturated heterocycles. The molecule has 3 rings (SSSR count). The van der Waals surface area contributed by atoms with E-state index in [1.807, 2.05) is 26.0 Å². The topological polar surface area (TPSA) is 50.3 Å². The molecule has 2 heterocycles. The van der Waals surface area contributed by atoms with Crippen LogP contribution in [-0.4, -0.2) is 43.6 Å². The summed E-state index contributed by atoms with van der Waals surface area (Å²) < 4.78 is 11.9. The van der Waals surface area contributed by atoms with Gasteiger partial charge in [-0.1, -0.05) is 23.7 Å². The van der Waals surface area contributed by atoms with Gasteiger partial charge in [0.15, 0.2) is 0 Å². The maximum absolute atomic E-state index is 12.7. The van der Waals surface area contributed by atoms with Crippen LogP contribution < -0.4 is 0 Å². The van der Waals surface area contributed by atoms with Crippen LogP contribution in [0.5, 0.6) is 0 Å². The average molecular weight is 337 g/mol. The third kappa shape index (κ3) is 2.75. The second kappa shape index (κ2) is 5.97. The van der Waals surface area contributed by atoms with Gasteiger partial charge in [0.2, 0.25) is 0 Å². The molecule has 0 N–H and O–H groups in total. The minimum absolute atomic E-state index is 0.0207. The van der Waals surface area contributed by atoms with E-state index in [1.165, 1.54) is 0 Å². The summed E-state index contributed by atoms with van der Waals surface area (Å²) in [5, 5.41) is 1.52. The number of hydrogen-bond donors (Lipinski definition) is 0. The molecule has 0 spiro atoms. The molecule has 0 bridgehead atoms. The summed E-state index contributed by atoms with van der Waals surface area (Å²) in [5.74, 6) is 0.411. The Morgan fingerprint density at radius 1 is 1.32 bits per heavy atom. The number of rotatable bonds is 1. The molecule has 1 aliphatic heterocycles. The first-order chi connectivity index (χ1) is 10.5. The van der Waals surface area contributed by atoms with Crippen molar-refractivity contribution in [1.82, 2.24) is 9.88 Å². The van der Waals surface area contributed by atoms with Crippen molar-refractivity contribution < 1.29 is 9.00 Å². The molecule has 1 aromatic carbocycles. The second-order valence-corrected chi connectivity index (χ2v) is 7.91. The molecule has 1 amide bonds. The number of halogens is 1. The highest BCUT2D eigenvalue weighted by Crippen LogP contribution is 2.21. The maximum atomic E-state index is 12.7. The first-order valence-electron chi connectivity index (χ1n) is 7.22. The van der Waals surface area contributed by atoms with Crippen molar-refractivity contribution in [3.05, 3.63) is 41.0 Å². The minimum atomic E-state index is -0.866. The van der Waals surface area contributed by atoms with Crippen LogP contribution in [0.2, 0.25) is 5.02 Å². The lowest BCUT2D eigenvalue weighted by Crippen LogP contribution is -2.52. The highest BCUT2D eigenvalue weighted by molar-refractivity contribution is 7.85. The van der Waals surface area contributed by atoms with Gasteiger partial charge in [-0.25, -0.2) is 4.98 Å². The Kier molecular flexibility index (Phi) is 4.19. The first kappa shape index (κ1) is 15.4. The molecule has 4 nitrogen and oxygen atoms in total. The lowest BCUT2D eigenvalue weighted by Gasteiger charge is -2.37. The molecule has 6 heteroatoms. The fourth-order valence-electron chi connectivity index (χ4n) is 2.69. The van der Waals surface area contributed by atoms with E-state index in [0.717, 1.165) is 5.39 Å². The molecule has 2 aromatic rings. The summed E-state index contributed by atoms with van der Waals surface area (Å²) in [7, 11) is -0.866. The Morgan fingerprint density at radius 3 is 2.82 bits per heavy atom. The van der Waals surface area contributed by atoms with Crippen LogP contribution in [-0.2, 0) is 10.8 Å². The van der Waals surface area contributed by atoms with Crippen molar-refractivity contribution in [3.8, 4) is 0 Å². The van der Waals surface area contributed by atoms with Gasteiger partial charge in [-0.15, -0.1) is 0 Å². The van der Waals surface area contributed by atoms with E-state index in [-0.39, 0.29) is 17.2 Å². The molecular weight excluding hydrogens is 320 g/mol. The van der Waals surface area contributed by atoms with Gasteiger partial charge in [-0.05, 0) is 32.0 Å². The van der Waals surface area contributed by atoms with Gasteiger partial charge < -0.3 is 4.90 Å². The molecule has 22 heavy (non-hydrogen) atoms. The van der Waals surface area contributed by atoms with Crippen LogP contribution in [0.4, 0.5) is 0 Å². The summed E-state index contributed by atoms with van der Waals surface area (Å²) in [6.45, 7) is 4.37. The Balaban J connectivity index is 1.93. The lowest BCUT2D eigenvalue weighted by molar-refractivity contribution is 0.0690. The van der Waals surface area contributed by atoms with Gasteiger partial charge in [-0.3, -0.25) is 9.00 Å². The Morgan fingerprint density at radius 2 is 2.05 bits per heavy atom. The zero-order chi connectivity index (χ0) is 15.9. The standard InChI is InChI=1S/C16H17ClN2O2S/c1-10-11(2)22(21)8-7-19(10)16(20)14-6-4-12-3-5-13(17)9-15(12)18-14/h3-6,9-11H,7-8H2,1-2H3. The second-order valence-electron chi connectivity index (χ2n) is 5.56. The van der Waals surface area contributed by atoms with E-state index in [2.05, 4.69) is 4.98 Å². The normalized spacial score (nSPS) is 25.4.